The normalized spacial score (nSPS) is 18.2. The summed E-state index contributed by atoms with van der Waals surface area (Å²) < 4.78 is 50.2. The molecule has 182 valence electrons. The Kier molecular flexibility index (Phi) is 7.64. The van der Waals surface area contributed by atoms with E-state index in [1.807, 2.05) is 0 Å². The van der Waals surface area contributed by atoms with Crippen LogP contribution in [0, 0.1) is 17.1 Å². The third-order valence-corrected chi connectivity index (χ3v) is 6.10. The molecule has 3 rings (SSSR count). The molecule has 0 spiro atoms. The molecule has 0 radical (unpaired) electrons. The minimum atomic E-state index is -3.95. The van der Waals surface area contributed by atoms with Gasteiger partial charge in [0.25, 0.3) is 10.1 Å². The van der Waals surface area contributed by atoms with Crippen LogP contribution in [0.3, 0.4) is 0 Å². The predicted octanol–water partition coefficient (Wildman–Crippen LogP) is 4.57. The zero-order chi connectivity index (χ0) is 25.1. The van der Waals surface area contributed by atoms with Gasteiger partial charge in [0.15, 0.2) is 0 Å². The number of carbonyl (C=O) groups excluding carboxylic acids is 1. The molecule has 1 heterocycles. The van der Waals surface area contributed by atoms with Crippen LogP contribution in [0.25, 0.3) is 0 Å². The summed E-state index contributed by atoms with van der Waals surface area (Å²) in [5.41, 5.74) is 0.828. The number of rotatable bonds is 6. The molecule has 1 aliphatic heterocycles. The predicted molar refractivity (Wildman–Crippen MR) is 125 cm³/mol. The summed E-state index contributed by atoms with van der Waals surface area (Å²) in [5.74, 6) is -1.21. The van der Waals surface area contributed by atoms with Crippen LogP contribution >= 0.6 is 0 Å². The van der Waals surface area contributed by atoms with Crippen molar-refractivity contribution in [2.75, 3.05) is 12.8 Å². The van der Waals surface area contributed by atoms with E-state index in [2.05, 4.69) is 6.07 Å². The third kappa shape index (κ3) is 6.55. The molecule has 34 heavy (non-hydrogen) atoms. The Balaban J connectivity index is 2.13. The lowest BCUT2D eigenvalue weighted by molar-refractivity contribution is 0.00791. The van der Waals surface area contributed by atoms with Crippen LogP contribution in [-0.2, 0) is 19.0 Å². The van der Waals surface area contributed by atoms with Crippen molar-refractivity contribution in [2.45, 2.75) is 57.3 Å². The summed E-state index contributed by atoms with van der Waals surface area (Å²) in [4.78, 5) is 14.5. The van der Waals surface area contributed by atoms with E-state index >= 15 is 0 Å². The molecule has 9 heteroatoms. The van der Waals surface area contributed by atoms with Crippen LogP contribution in [0.2, 0.25) is 0 Å². The van der Waals surface area contributed by atoms with Gasteiger partial charge in [0.05, 0.1) is 23.9 Å². The first-order valence-electron chi connectivity index (χ1n) is 11.0. The summed E-state index contributed by atoms with van der Waals surface area (Å²) in [7, 11) is -3.95. The van der Waals surface area contributed by atoms with Crippen LogP contribution in [0.15, 0.2) is 48.5 Å². The second-order valence-electron chi connectivity index (χ2n) is 9.41. The zero-order valence-electron chi connectivity index (χ0n) is 19.7. The molecule has 0 N–H and O–H groups in total. The maximum Gasteiger partial charge on any atom is 0.410 e. The number of nitriles is 1. The van der Waals surface area contributed by atoms with Crippen molar-refractivity contribution in [2.24, 2.45) is 0 Å². The highest BCUT2D eigenvalue weighted by Gasteiger charge is 2.43. The maximum atomic E-state index is 14.2. The van der Waals surface area contributed by atoms with E-state index in [0.717, 1.165) is 6.26 Å². The van der Waals surface area contributed by atoms with Crippen molar-refractivity contribution in [1.29, 1.82) is 5.26 Å². The van der Waals surface area contributed by atoms with E-state index in [4.69, 9.17) is 8.92 Å². The van der Waals surface area contributed by atoms with Gasteiger partial charge in [-0.15, -0.1) is 0 Å². The van der Waals surface area contributed by atoms with Gasteiger partial charge in [-0.25, -0.2) is 9.18 Å². The molecular formula is C25H29FN2O5S. The number of hydrogen-bond donors (Lipinski definition) is 0. The highest BCUT2D eigenvalue weighted by molar-refractivity contribution is 7.86. The van der Waals surface area contributed by atoms with Crippen LogP contribution < -0.4 is 0 Å². The highest BCUT2D eigenvalue weighted by Crippen LogP contribution is 2.38. The van der Waals surface area contributed by atoms with Gasteiger partial charge in [-0.1, -0.05) is 24.3 Å². The first-order valence-corrected chi connectivity index (χ1v) is 12.8. The summed E-state index contributed by atoms with van der Waals surface area (Å²) >= 11 is 0. The molecular weight excluding hydrogens is 459 g/mol. The van der Waals surface area contributed by atoms with Gasteiger partial charge < -0.3 is 9.64 Å². The van der Waals surface area contributed by atoms with Crippen molar-refractivity contribution in [3.8, 4) is 6.07 Å². The van der Waals surface area contributed by atoms with Gasteiger partial charge in [0.2, 0.25) is 0 Å². The van der Waals surface area contributed by atoms with Gasteiger partial charge >= 0.3 is 6.09 Å². The fourth-order valence-electron chi connectivity index (χ4n) is 4.26. The van der Waals surface area contributed by atoms with Crippen LogP contribution in [0.1, 0.15) is 56.2 Å². The fraction of sp³-hybridized carbons (Fsp3) is 0.440. The molecule has 2 aromatic rings. The van der Waals surface area contributed by atoms with E-state index in [0.29, 0.717) is 36.1 Å². The molecule has 7 nitrogen and oxygen atoms in total. The van der Waals surface area contributed by atoms with Crippen molar-refractivity contribution in [3.05, 3.63) is 71.0 Å². The molecule has 1 saturated heterocycles. The van der Waals surface area contributed by atoms with Gasteiger partial charge in [-0.3, -0.25) is 4.18 Å². The Morgan fingerprint density at radius 2 is 1.85 bits per heavy atom. The lowest BCUT2D eigenvalue weighted by atomic mass is 9.82. The average Bonchev–Trinajstić information content (AvgIpc) is 3.22. The minimum absolute atomic E-state index is 0.381. The highest BCUT2D eigenvalue weighted by atomic mass is 32.2. The number of benzene rings is 2. The van der Waals surface area contributed by atoms with Crippen LogP contribution in [-0.4, -0.2) is 50.0 Å². The molecule has 0 aromatic heterocycles. The number of halogens is 1. The van der Waals surface area contributed by atoms with Gasteiger partial charge in [-0.2, -0.15) is 13.7 Å². The van der Waals surface area contributed by atoms with Crippen molar-refractivity contribution >= 4 is 16.2 Å². The summed E-state index contributed by atoms with van der Waals surface area (Å²) in [6.07, 6.45) is 0.474. The monoisotopic (exact) mass is 488 g/mol. The van der Waals surface area contributed by atoms with Crippen LogP contribution in [0.4, 0.5) is 9.18 Å². The van der Waals surface area contributed by atoms with E-state index in [1.54, 1.807) is 57.2 Å². The number of amides is 1. The first kappa shape index (κ1) is 25.7. The Labute approximate surface area is 200 Å². The van der Waals surface area contributed by atoms with E-state index in [1.165, 1.54) is 17.0 Å². The molecule has 2 aromatic carbocycles. The quantitative estimate of drug-likeness (QED) is 0.553. The lowest BCUT2D eigenvalue weighted by Gasteiger charge is -2.36. The Morgan fingerprint density at radius 3 is 2.41 bits per heavy atom. The van der Waals surface area contributed by atoms with Crippen molar-refractivity contribution < 1.29 is 26.5 Å². The van der Waals surface area contributed by atoms with E-state index < -0.39 is 45.7 Å². The van der Waals surface area contributed by atoms with Crippen LogP contribution in [0.5, 0.6) is 0 Å². The largest absolute Gasteiger partial charge is 0.444 e. The standard InChI is InChI=1S/C25H29FN2O5S/c1-25(2,3)32-24(29)28-14-6-9-21(28)23(33-34(4,30)31)22(19-7-5-8-20(26)15-19)18-12-10-17(16-27)11-13-18/h5,7-8,10-13,15,21-23H,6,9,14H2,1-4H3/t21-,22?,23?/m1/s1. The third-order valence-electron chi connectivity index (χ3n) is 5.53. The van der Waals surface area contributed by atoms with Crippen molar-refractivity contribution in [1.82, 2.24) is 4.90 Å². The lowest BCUT2D eigenvalue weighted by Crippen LogP contribution is -2.48. The molecule has 1 fully saturated rings. The number of nitrogens with zero attached hydrogens (tertiary/aromatic N) is 2. The molecule has 2 unspecified atom stereocenters. The molecule has 0 bridgehead atoms. The maximum absolute atomic E-state index is 14.2. The smallest absolute Gasteiger partial charge is 0.410 e. The summed E-state index contributed by atoms with van der Waals surface area (Å²) in [5, 5.41) is 9.18. The van der Waals surface area contributed by atoms with E-state index in [9.17, 15) is 22.9 Å². The van der Waals surface area contributed by atoms with Gasteiger partial charge in [0, 0.05) is 12.5 Å². The SMILES string of the molecule is CC(C)(C)OC(=O)N1CCC[C@@H]1C(OS(C)(=O)=O)C(c1ccc(C#N)cc1)c1cccc(F)c1. The number of carbonyl (C=O) groups is 1. The first-order chi connectivity index (χ1) is 15.9. The number of hydrogen-bond acceptors (Lipinski definition) is 6. The Bertz CT molecular complexity index is 1170. The topological polar surface area (TPSA) is 96.7 Å². The molecule has 1 amide bonds. The van der Waals surface area contributed by atoms with Gasteiger partial charge in [-0.05, 0) is 69.0 Å². The molecule has 0 saturated carbocycles. The van der Waals surface area contributed by atoms with Gasteiger partial charge in [0.1, 0.15) is 17.5 Å². The van der Waals surface area contributed by atoms with E-state index in [-0.39, 0.29) is 0 Å². The second-order valence-corrected chi connectivity index (χ2v) is 11.0. The van der Waals surface area contributed by atoms with Crippen molar-refractivity contribution in [3.63, 3.8) is 0 Å². The number of ether oxygens (including phenoxy) is 1. The Morgan fingerprint density at radius 1 is 1.18 bits per heavy atom. The summed E-state index contributed by atoms with van der Waals surface area (Å²) in [6, 6.07) is 13.9. The minimum Gasteiger partial charge on any atom is -0.444 e. The zero-order valence-corrected chi connectivity index (χ0v) is 20.5. The molecule has 0 aliphatic carbocycles. The molecule has 3 atom stereocenters. The average molecular weight is 489 g/mol. The molecule has 1 aliphatic rings. The fourth-order valence-corrected chi connectivity index (χ4v) is 4.90. The summed E-state index contributed by atoms with van der Waals surface area (Å²) in [6.45, 7) is 5.65. The second kappa shape index (κ2) is 10.1. The Hall–Kier alpha value is -2.96. The number of likely N-dealkylation sites (tertiary alicyclic amines) is 1.